The minimum Gasteiger partial charge on any atom is -0.308 e. The Hall–Kier alpha value is -2.34. The third-order valence-electron chi connectivity index (χ3n) is 5.16. The molecule has 0 spiro atoms. The Balaban J connectivity index is 2.41. The molecule has 0 N–H and O–H groups in total. The van der Waals surface area contributed by atoms with Gasteiger partial charge in [-0.3, -0.25) is 29.1 Å². The van der Waals surface area contributed by atoms with Gasteiger partial charge >= 0.3 is 13.8 Å². The van der Waals surface area contributed by atoms with E-state index in [1.807, 2.05) is 0 Å². The first-order chi connectivity index (χ1) is 14.9. The van der Waals surface area contributed by atoms with E-state index in [1.54, 1.807) is 0 Å². The van der Waals surface area contributed by atoms with E-state index in [0.717, 1.165) is 5.06 Å². The number of anilines is 1. The minimum atomic E-state index is -4.99. The number of carbonyl (C=O) groups excluding carboxylic acids is 2. The van der Waals surface area contributed by atoms with Crippen LogP contribution in [0.25, 0.3) is 0 Å². The number of nitro groups is 1. The Labute approximate surface area is 180 Å². The van der Waals surface area contributed by atoms with E-state index in [-0.39, 0.29) is 19.8 Å². The quantitative estimate of drug-likeness (QED) is 0.236. The van der Waals surface area contributed by atoms with Crippen molar-refractivity contribution in [1.29, 1.82) is 0 Å². The van der Waals surface area contributed by atoms with Gasteiger partial charge in [-0.25, -0.2) is 5.06 Å². The van der Waals surface area contributed by atoms with Crippen molar-refractivity contribution in [1.82, 2.24) is 0 Å². The molecule has 1 saturated carbocycles. The number of Topliss-reactive ketones (excluding diaryl/α,β-unsaturated/α-hetero) is 2. The average molecular weight is 480 g/mol. The predicted molar refractivity (Wildman–Crippen MR) is 103 cm³/mol. The Kier molecular flexibility index (Phi) is 6.49. The molecule has 3 unspecified atom stereocenters. The molecule has 1 aromatic rings. The standard InChI is InChI=1S/C18H20F3N2O8P/c1-4-29-22-13-10(7-9(18(19,20)21)8-11(13)23(26)27)17(12-14(22)16(25)15(12)24)32(28,30-5-2)31-6-3/h7-8,12,14,17H,4-6H2,1-3H3. The van der Waals surface area contributed by atoms with E-state index in [0.29, 0.717) is 12.1 Å². The number of halogens is 3. The van der Waals surface area contributed by atoms with Crippen molar-refractivity contribution in [3.05, 3.63) is 33.4 Å². The zero-order valence-corrected chi connectivity index (χ0v) is 18.1. The van der Waals surface area contributed by atoms with E-state index in [1.165, 1.54) is 20.8 Å². The van der Waals surface area contributed by atoms with Crippen LogP contribution in [0.1, 0.15) is 37.6 Å². The second-order valence-electron chi connectivity index (χ2n) is 6.95. The summed E-state index contributed by atoms with van der Waals surface area (Å²) in [5.41, 5.74) is -5.02. The number of carbonyl (C=O) groups is 2. The van der Waals surface area contributed by atoms with Crippen molar-refractivity contribution < 1.29 is 46.1 Å². The second-order valence-corrected chi connectivity index (χ2v) is 9.10. The summed E-state index contributed by atoms with van der Waals surface area (Å²) in [6.07, 6.45) is -4.99. The molecule has 14 heteroatoms. The first-order valence-corrected chi connectivity index (χ1v) is 11.3. The maximum atomic E-state index is 13.7. The Morgan fingerprint density at radius 3 is 2.16 bits per heavy atom. The lowest BCUT2D eigenvalue weighted by Crippen LogP contribution is -2.65. The van der Waals surface area contributed by atoms with Crippen LogP contribution in [0.2, 0.25) is 0 Å². The van der Waals surface area contributed by atoms with Gasteiger partial charge < -0.3 is 9.05 Å². The van der Waals surface area contributed by atoms with Gasteiger partial charge in [0.15, 0.2) is 0 Å². The molecular formula is C18H20F3N2O8P. The fourth-order valence-corrected chi connectivity index (χ4v) is 6.38. The van der Waals surface area contributed by atoms with Crippen LogP contribution < -0.4 is 5.06 Å². The highest BCUT2D eigenvalue weighted by Gasteiger charge is 2.66. The largest absolute Gasteiger partial charge is 0.416 e. The average Bonchev–Trinajstić information content (AvgIpc) is 2.71. The number of fused-ring (bicyclic) bond motifs is 2. The van der Waals surface area contributed by atoms with Crippen LogP contribution in [-0.2, 0) is 34.2 Å². The molecule has 3 rings (SSSR count). The summed E-state index contributed by atoms with van der Waals surface area (Å²) in [4.78, 5) is 40.9. The van der Waals surface area contributed by atoms with Gasteiger partial charge in [-0.15, -0.1) is 0 Å². The van der Waals surface area contributed by atoms with E-state index < -0.39 is 70.4 Å². The number of hydrogen-bond donors (Lipinski definition) is 0. The molecule has 0 saturated heterocycles. The van der Waals surface area contributed by atoms with Crippen molar-refractivity contribution in [3.63, 3.8) is 0 Å². The first-order valence-electron chi connectivity index (χ1n) is 9.71. The number of nitrogens with zero attached hydrogens (tertiary/aromatic N) is 2. The molecule has 0 bridgehead atoms. The Morgan fingerprint density at radius 1 is 1.09 bits per heavy atom. The SMILES string of the molecule is CCON1c2c(cc(C(F)(F)F)cc2[N+](=O)[O-])C(P(=O)(OCC)OCC)C2C(=O)C(=O)C21. The fraction of sp³-hybridized carbons (Fsp3) is 0.556. The highest BCUT2D eigenvalue weighted by Crippen LogP contribution is 2.70. The van der Waals surface area contributed by atoms with Gasteiger partial charge in [0.2, 0.25) is 11.6 Å². The van der Waals surface area contributed by atoms with Gasteiger partial charge in [0.05, 0.1) is 36.2 Å². The Bertz CT molecular complexity index is 1000. The van der Waals surface area contributed by atoms with Gasteiger partial charge in [-0.1, -0.05) is 0 Å². The highest BCUT2D eigenvalue weighted by molar-refractivity contribution is 7.54. The molecule has 1 aliphatic carbocycles. The Morgan fingerprint density at radius 2 is 1.69 bits per heavy atom. The fourth-order valence-electron chi connectivity index (χ4n) is 4.04. The number of nitro benzene ring substituents is 1. The summed E-state index contributed by atoms with van der Waals surface area (Å²) in [5.74, 6) is -3.38. The van der Waals surface area contributed by atoms with Crippen molar-refractivity contribution in [2.45, 2.75) is 38.6 Å². The number of alkyl halides is 3. The van der Waals surface area contributed by atoms with E-state index in [9.17, 15) is 37.4 Å². The van der Waals surface area contributed by atoms with Crippen LogP contribution >= 0.6 is 7.60 Å². The molecule has 3 atom stereocenters. The second kappa shape index (κ2) is 8.54. The van der Waals surface area contributed by atoms with E-state index in [4.69, 9.17) is 13.9 Å². The van der Waals surface area contributed by atoms with Crippen LogP contribution in [0.15, 0.2) is 12.1 Å². The molecule has 10 nitrogen and oxygen atoms in total. The van der Waals surface area contributed by atoms with Crippen molar-refractivity contribution >= 4 is 30.5 Å². The zero-order valence-electron chi connectivity index (χ0n) is 17.2. The summed E-state index contributed by atoms with van der Waals surface area (Å²) in [6, 6.07) is -0.542. The molecular weight excluding hydrogens is 460 g/mol. The zero-order chi connectivity index (χ0) is 24.0. The van der Waals surface area contributed by atoms with Crippen LogP contribution in [0.4, 0.5) is 24.5 Å². The predicted octanol–water partition coefficient (Wildman–Crippen LogP) is 3.83. The summed E-state index contributed by atoms with van der Waals surface area (Å²) in [7, 11) is -4.35. The van der Waals surface area contributed by atoms with Gasteiger partial charge in [-0.2, -0.15) is 13.2 Å². The van der Waals surface area contributed by atoms with Crippen LogP contribution in [0, 0.1) is 16.0 Å². The van der Waals surface area contributed by atoms with Crippen molar-refractivity contribution in [2.75, 3.05) is 24.9 Å². The topological polar surface area (TPSA) is 125 Å². The van der Waals surface area contributed by atoms with Gasteiger partial charge in [-0.05, 0) is 26.8 Å². The molecule has 32 heavy (non-hydrogen) atoms. The number of ketones is 2. The molecule has 1 aromatic carbocycles. The number of rotatable bonds is 8. The van der Waals surface area contributed by atoms with Gasteiger partial charge in [0.25, 0.3) is 5.69 Å². The van der Waals surface area contributed by atoms with Gasteiger partial charge in [0.1, 0.15) is 17.4 Å². The maximum absolute atomic E-state index is 13.7. The lowest BCUT2D eigenvalue weighted by molar-refractivity contribution is -0.384. The lowest BCUT2D eigenvalue weighted by atomic mass is 9.69. The summed E-state index contributed by atoms with van der Waals surface area (Å²) >= 11 is 0. The molecule has 2 aliphatic rings. The van der Waals surface area contributed by atoms with E-state index >= 15 is 0 Å². The third kappa shape index (κ3) is 3.72. The first kappa shape index (κ1) is 24.3. The lowest BCUT2D eigenvalue weighted by Gasteiger charge is -2.49. The minimum absolute atomic E-state index is 0.110. The monoisotopic (exact) mass is 480 g/mol. The summed E-state index contributed by atoms with van der Waals surface area (Å²) in [6.45, 7) is 3.94. The van der Waals surface area contributed by atoms with Crippen LogP contribution in [0.3, 0.4) is 0 Å². The number of hydrogen-bond acceptors (Lipinski definition) is 9. The number of benzene rings is 1. The molecule has 0 radical (unpaired) electrons. The molecule has 0 aromatic heterocycles. The van der Waals surface area contributed by atoms with Gasteiger partial charge in [0, 0.05) is 11.6 Å². The van der Waals surface area contributed by atoms with Crippen molar-refractivity contribution in [3.8, 4) is 0 Å². The number of hydroxylamine groups is 1. The summed E-state index contributed by atoms with van der Waals surface area (Å²) < 4.78 is 64.9. The smallest absolute Gasteiger partial charge is 0.308 e. The molecule has 176 valence electrons. The summed E-state index contributed by atoms with van der Waals surface area (Å²) in [5, 5.41) is 12.5. The maximum Gasteiger partial charge on any atom is 0.416 e. The highest BCUT2D eigenvalue weighted by atomic mass is 31.2. The molecule has 0 amide bonds. The molecule has 1 heterocycles. The van der Waals surface area contributed by atoms with Crippen LogP contribution in [-0.4, -0.2) is 42.4 Å². The third-order valence-corrected chi connectivity index (χ3v) is 7.67. The molecule has 1 fully saturated rings. The van der Waals surface area contributed by atoms with Crippen LogP contribution in [0.5, 0.6) is 0 Å². The molecule has 1 aliphatic heterocycles. The van der Waals surface area contributed by atoms with E-state index in [2.05, 4.69) is 0 Å². The van der Waals surface area contributed by atoms with Crippen molar-refractivity contribution in [2.24, 2.45) is 5.92 Å². The normalized spacial score (nSPS) is 22.9.